The zero-order valence-corrected chi connectivity index (χ0v) is 12.3. The molecule has 1 unspecified atom stereocenters. The quantitative estimate of drug-likeness (QED) is 0.912. The summed E-state index contributed by atoms with van der Waals surface area (Å²) in [5.41, 5.74) is 1.14. The molecule has 19 heavy (non-hydrogen) atoms. The molecule has 0 spiro atoms. The molecule has 0 bridgehead atoms. The molecule has 2 aromatic heterocycles. The predicted molar refractivity (Wildman–Crippen MR) is 78.7 cm³/mol. The topological polar surface area (TPSA) is 46.9 Å². The van der Waals surface area contributed by atoms with Gasteiger partial charge in [-0.3, -0.25) is 4.79 Å². The van der Waals surface area contributed by atoms with E-state index < -0.39 is 0 Å². The van der Waals surface area contributed by atoms with Crippen molar-refractivity contribution in [1.82, 2.24) is 14.9 Å². The van der Waals surface area contributed by atoms with Crippen LogP contribution in [0.3, 0.4) is 0 Å². The summed E-state index contributed by atoms with van der Waals surface area (Å²) in [5.74, 6) is 0. The largest absolute Gasteiger partial charge is 0.314 e. The lowest BCUT2D eigenvalue weighted by Crippen LogP contribution is -2.27. The standard InChI is InChI=1S/C14H19N3OS/c1-10(14-11(2)16-12(3)19-14)15-7-9-17-8-5-4-6-13(17)18/h4-6,8,10,15H,7,9H2,1-3H3. The fourth-order valence-electron chi connectivity index (χ4n) is 2.09. The van der Waals surface area contributed by atoms with Crippen molar-refractivity contribution in [1.29, 1.82) is 0 Å². The minimum absolute atomic E-state index is 0.0433. The van der Waals surface area contributed by atoms with Crippen LogP contribution in [0.1, 0.15) is 28.5 Å². The fourth-order valence-corrected chi connectivity index (χ4v) is 3.04. The van der Waals surface area contributed by atoms with E-state index in [0.717, 1.165) is 17.2 Å². The predicted octanol–water partition coefficient (Wildman–Crippen LogP) is 2.27. The Morgan fingerprint density at radius 2 is 2.21 bits per heavy atom. The first-order chi connectivity index (χ1) is 9.08. The molecule has 2 heterocycles. The highest BCUT2D eigenvalue weighted by Gasteiger charge is 2.11. The minimum Gasteiger partial charge on any atom is -0.314 e. The van der Waals surface area contributed by atoms with E-state index in [1.807, 2.05) is 26.1 Å². The number of hydrogen-bond donors (Lipinski definition) is 1. The molecule has 2 rings (SSSR count). The highest BCUT2D eigenvalue weighted by atomic mass is 32.1. The minimum atomic E-state index is 0.0433. The van der Waals surface area contributed by atoms with Crippen molar-refractivity contribution in [2.45, 2.75) is 33.4 Å². The zero-order chi connectivity index (χ0) is 13.8. The van der Waals surface area contributed by atoms with Gasteiger partial charge < -0.3 is 9.88 Å². The van der Waals surface area contributed by atoms with Crippen LogP contribution in [-0.2, 0) is 6.54 Å². The average molecular weight is 277 g/mol. The Hall–Kier alpha value is -1.46. The Morgan fingerprint density at radius 3 is 2.84 bits per heavy atom. The molecule has 1 atom stereocenters. The molecule has 1 N–H and O–H groups in total. The van der Waals surface area contributed by atoms with Crippen molar-refractivity contribution in [2.24, 2.45) is 0 Å². The number of aromatic nitrogens is 2. The van der Waals surface area contributed by atoms with Crippen LogP contribution in [0.15, 0.2) is 29.2 Å². The van der Waals surface area contributed by atoms with Crippen molar-refractivity contribution in [2.75, 3.05) is 6.54 Å². The maximum atomic E-state index is 11.5. The number of rotatable bonds is 5. The van der Waals surface area contributed by atoms with E-state index in [4.69, 9.17) is 0 Å². The van der Waals surface area contributed by atoms with Gasteiger partial charge in [-0.25, -0.2) is 4.98 Å². The smallest absolute Gasteiger partial charge is 0.250 e. The third-order valence-electron chi connectivity index (χ3n) is 3.03. The molecule has 0 aliphatic rings. The van der Waals surface area contributed by atoms with Crippen LogP contribution in [0.4, 0.5) is 0 Å². The third kappa shape index (κ3) is 3.52. The molecule has 2 aromatic rings. The summed E-state index contributed by atoms with van der Waals surface area (Å²) in [7, 11) is 0. The van der Waals surface area contributed by atoms with Gasteiger partial charge in [-0.2, -0.15) is 0 Å². The summed E-state index contributed by atoms with van der Waals surface area (Å²) in [5, 5.41) is 4.54. The summed E-state index contributed by atoms with van der Waals surface area (Å²) in [6, 6.07) is 5.49. The van der Waals surface area contributed by atoms with E-state index in [1.165, 1.54) is 4.88 Å². The van der Waals surface area contributed by atoms with Crippen LogP contribution >= 0.6 is 11.3 Å². The molecule has 0 saturated carbocycles. The number of hydrogen-bond acceptors (Lipinski definition) is 4. The number of pyridine rings is 1. The Morgan fingerprint density at radius 1 is 1.42 bits per heavy atom. The van der Waals surface area contributed by atoms with Crippen molar-refractivity contribution in [3.8, 4) is 0 Å². The van der Waals surface area contributed by atoms with Crippen LogP contribution in [-0.4, -0.2) is 16.1 Å². The van der Waals surface area contributed by atoms with E-state index in [2.05, 4.69) is 17.2 Å². The van der Waals surface area contributed by atoms with Crippen LogP contribution in [0.25, 0.3) is 0 Å². The van der Waals surface area contributed by atoms with Gasteiger partial charge in [0.1, 0.15) is 0 Å². The van der Waals surface area contributed by atoms with Gasteiger partial charge in [-0.15, -0.1) is 11.3 Å². The number of thiazole rings is 1. The molecular formula is C14H19N3OS. The van der Waals surface area contributed by atoms with Crippen LogP contribution < -0.4 is 10.9 Å². The normalized spacial score (nSPS) is 12.6. The summed E-state index contributed by atoms with van der Waals surface area (Å²) in [4.78, 5) is 17.3. The molecule has 0 aromatic carbocycles. The second-order valence-electron chi connectivity index (χ2n) is 4.59. The zero-order valence-electron chi connectivity index (χ0n) is 11.5. The lowest BCUT2D eigenvalue weighted by Gasteiger charge is -2.13. The molecule has 4 nitrogen and oxygen atoms in total. The van der Waals surface area contributed by atoms with E-state index in [-0.39, 0.29) is 11.6 Å². The molecule has 0 aliphatic carbocycles. The molecule has 0 amide bonds. The van der Waals surface area contributed by atoms with Crippen LogP contribution in [0.5, 0.6) is 0 Å². The Bertz CT molecular complexity index is 603. The molecule has 0 saturated heterocycles. The van der Waals surface area contributed by atoms with Gasteiger partial charge in [0.25, 0.3) is 5.56 Å². The molecule has 102 valence electrons. The SMILES string of the molecule is Cc1nc(C)c(C(C)NCCn2ccccc2=O)s1. The lowest BCUT2D eigenvalue weighted by molar-refractivity contribution is 0.527. The molecule has 0 aliphatic heterocycles. The van der Waals surface area contributed by atoms with Gasteiger partial charge in [0.05, 0.1) is 10.7 Å². The van der Waals surface area contributed by atoms with Gasteiger partial charge in [-0.05, 0) is 26.8 Å². The van der Waals surface area contributed by atoms with E-state index >= 15 is 0 Å². The number of nitrogens with zero attached hydrogens (tertiary/aromatic N) is 2. The van der Waals surface area contributed by atoms with E-state index in [0.29, 0.717) is 6.54 Å². The first kappa shape index (κ1) is 14.0. The highest BCUT2D eigenvalue weighted by molar-refractivity contribution is 7.11. The molecule has 0 fully saturated rings. The lowest BCUT2D eigenvalue weighted by atomic mass is 10.2. The maximum Gasteiger partial charge on any atom is 0.250 e. The average Bonchev–Trinajstić information content (AvgIpc) is 2.71. The monoisotopic (exact) mass is 277 g/mol. The first-order valence-electron chi connectivity index (χ1n) is 6.40. The van der Waals surface area contributed by atoms with Crippen LogP contribution in [0.2, 0.25) is 0 Å². The summed E-state index contributed by atoms with van der Waals surface area (Å²) in [6.07, 6.45) is 1.82. The van der Waals surface area contributed by atoms with E-state index in [1.54, 1.807) is 28.0 Å². The van der Waals surface area contributed by atoms with Gasteiger partial charge in [0.2, 0.25) is 0 Å². The Kier molecular flexibility index (Phi) is 4.50. The number of nitrogens with one attached hydrogen (secondary N) is 1. The summed E-state index contributed by atoms with van der Waals surface area (Å²) >= 11 is 1.73. The van der Waals surface area contributed by atoms with Crippen molar-refractivity contribution >= 4 is 11.3 Å². The number of aryl methyl sites for hydroxylation is 2. The van der Waals surface area contributed by atoms with Gasteiger partial charge >= 0.3 is 0 Å². The second-order valence-corrected chi connectivity index (χ2v) is 5.83. The first-order valence-corrected chi connectivity index (χ1v) is 7.22. The van der Waals surface area contributed by atoms with Crippen molar-refractivity contribution in [3.63, 3.8) is 0 Å². The summed E-state index contributed by atoms with van der Waals surface area (Å²) < 4.78 is 1.71. The Labute approximate surface area is 117 Å². The van der Waals surface area contributed by atoms with Gasteiger partial charge in [0.15, 0.2) is 0 Å². The maximum absolute atomic E-state index is 11.5. The van der Waals surface area contributed by atoms with Gasteiger partial charge in [0, 0.05) is 36.3 Å². The molecular weight excluding hydrogens is 258 g/mol. The highest BCUT2D eigenvalue weighted by Crippen LogP contribution is 2.23. The second kappa shape index (κ2) is 6.12. The Balaban J connectivity index is 1.91. The van der Waals surface area contributed by atoms with Gasteiger partial charge in [-0.1, -0.05) is 6.07 Å². The van der Waals surface area contributed by atoms with Crippen LogP contribution in [0, 0.1) is 13.8 Å². The summed E-state index contributed by atoms with van der Waals surface area (Å²) in [6.45, 7) is 7.65. The molecule has 5 heteroatoms. The van der Waals surface area contributed by atoms with Crippen molar-refractivity contribution < 1.29 is 0 Å². The fraction of sp³-hybridized carbons (Fsp3) is 0.429. The molecule has 0 radical (unpaired) electrons. The van der Waals surface area contributed by atoms with E-state index in [9.17, 15) is 4.79 Å². The van der Waals surface area contributed by atoms with Crippen molar-refractivity contribution in [3.05, 3.63) is 50.3 Å². The third-order valence-corrected chi connectivity index (χ3v) is 4.29.